The molecular weight excluding hydrogens is 528 g/mol. The third-order valence-corrected chi connectivity index (χ3v) is 8.15. The predicted octanol–water partition coefficient (Wildman–Crippen LogP) is 10.4. The smallest absolute Gasteiger partial charge is 0.306 e. The molecule has 0 aromatic carbocycles. The predicted molar refractivity (Wildman–Crippen MR) is 173 cm³/mol. The van der Waals surface area contributed by atoms with Crippen LogP contribution >= 0.6 is 0 Å². The lowest BCUT2D eigenvalue weighted by Gasteiger charge is -2.18. The van der Waals surface area contributed by atoms with E-state index in [9.17, 15) is 14.4 Å². The summed E-state index contributed by atoms with van der Waals surface area (Å²) in [6.45, 7) is 8.83. The van der Waals surface area contributed by atoms with Gasteiger partial charge in [0.15, 0.2) is 6.10 Å². The zero-order valence-corrected chi connectivity index (χ0v) is 28.2. The van der Waals surface area contributed by atoms with Crippen LogP contribution in [0, 0.1) is 5.92 Å². The van der Waals surface area contributed by atoms with Gasteiger partial charge in [0.2, 0.25) is 0 Å². The number of ether oxygens (including phenoxy) is 3. The maximum atomic E-state index is 12.4. The van der Waals surface area contributed by atoms with E-state index >= 15 is 0 Å². The Balaban J connectivity index is 4.25. The van der Waals surface area contributed by atoms with E-state index in [1.807, 2.05) is 0 Å². The molecule has 0 aliphatic rings. The number of hydrogen-bond donors (Lipinski definition) is 0. The fraction of sp³-hybridized carbons (Fsp3) is 0.917. The van der Waals surface area contributed by atoms with Gasteiger partial charge in [-0.1, -0.05) is 150 Å². The van der Waals surface area contributed by atoms with Crippen LogP contribution in [0.3, 0.4) is 0 Å². The molecule has 6 nitrogen and oxygen atoms in total. The first-order valence-electron chi connectivity index (χ1n) is 17.9. The van der Waals surface area contributed by atoms with Gasteiger partial charge in [0.05, 0.1) is 0 Å². The molecule has 0 amide bonds. The van der Waals surface area contributed by atoms with Crippen LogP contribution < -0.4 is 0 Å². The lowest BCUT2D eigenvalue weighted by atomic mass is 9.99. The molecule has 0 radical (unpaired) electrons. The Morgan fingerprint density at radius 3 is 1.24 bits per heavy atom. The highest BCUT2D eigenvalue weighted by atomic mass is 16.6. The van der Waals surface area contributed by atoms with E-state index in [0.29, 0.717) is 19.3 Å². The molecule has 0 heterocycles. The Kier molecular flexibility index (Phi) is 29.7. The van der Waals surface area contributed by atoms with Crippen LogP contribution in [0.1, 0.15) is 188 Å². The molecule has 0 aliphatic heterocycles. The fourth-order valence-corrected chi connectivity index (χ4v) is 5.00. The van der Waals surface area contributed by atoms with Crippen molar-refractivity contribution in [1.82, 2.24) is 0 Å². The molecule has 0 rings (SSSR count). The van der Waals surface area contributed by atoms with Crippen LogP contribution in [-0.2, 0) is 28.6 Å². The Hall–Kier alpha value is -1.59. The molecule has 0 N–H and O–H groups in total. The zero-order valence-electron chi connectivity index (χ0n) is 28.2. The molecule has 0 spiro atoms. The average molecular weight is 597 g/mol. The van der Waals surface area contributed by atoms with Gasteiger partial charge in [-0.15, -0.1) is 0 Å². The monoisotopic (exact) mass is 597 g/mol. The third-order valence-electron chi connectivity index (χ3n) is 8.15. The first-order chi connectivity index (χ1) is 20.4. The molecule has 42 heavy (non-hydrogen) atoms. The zero-order chi connectivity index (χ0) is 31.1. The first-order valence-corrected chi connectivity index (χ1v) is 17.9. The highest BCUT2D eigenvalue weighted by Gasteiger charge is 2.19. The topological polar surface area (TPSA) is 78.9 Å². The molecule has 0 aromatic heterocycles. The maximum Gasteiger partial charge on any atom is 0.306 e. The first kappa shape index (κ1) is 40.4. The molecule has 0 bridgehead atoms. The van der Waals surface area contributed by atoms with Gasteiger partial charge in [0.1, 0.15) is 13.2 Å². The van der Waals surface area contributed by atoms with E-state index in [-0.39, 0.29) is 31.1 Å². The Bertz CT molecular complexity index is 634. The maximum absolute atomic E-state index is 12.4. The van der Waals surface area contributed by atoms with E-state index in [0.717, 1.165) is 70.1 Å². The van der Waals surface area contributed by atoms with Crippen molar-refractivity contribution in [3.8, 4) is 0 Å². The quantitative estimate of drug-likeness (QED) is 0.0450. The molecule has 1 unspecified atom stereocenters. The van der Waals surface area contributed by atoms with Crippen LogP contribution in [-0.4, -0.2) is 37.2 Å². The van der Waals surface area contributed by atoms with Crippen molar-refractivity contribution in [2.24, 2.45) is 5.92 Å². The van der Waals surface area contributed by atoms with Gasteiger partial charge < -0.3 is 14.2 Å². The summed E-state index contributed by atoms with van der Waals surface area (Å²) in [5.41, 5.74) is 0. The minimum atomic E-state index is -0.754. The van der Waals surface area contributed by atoms with Gasteiger partial charge in [0.25, 0.3) is 0 Å². The SMILES string of the molecule is CCCCCCCCCC(=O)OC[C@H](COC(=O)CCCCCCCCCCC(C)CC)OC(=O)CCCCCCC. The lowest BCUT2D eigenvalue weighted by molar-refractivity contribution is -0.167. The second kappa shape index (κ2) is 30.9. The summed E-state index contributed by atoms with van der Waals surface area (Å²) in [6.07, 6.45) is 25.5. The molecular formula is C36H68O6. The van der Waals surface area contributed by atoms with Crippen molar-refractivity contribution < 1.29 is 28.6 Å². The third kappa shape index (κ3) is 28.5. The minimum Gasteiger partial charge on any atom is -0.462 e. The van der Waals surface area contributed by atoms with Crippen molar-refractivity contribution in [3.05, 3.63) is 0 Å². The molecule has 0 fully saturated rings. The van der Waals surface area contributed by atoms with E-state index in [1.54, 1.807) is 0 Å². The van der Waals surface area contributed by atoms with Crippen LogP contribution in [0.15, 0.2) is 0 Å². The lowest BCUT2D eigenvalue weighted by Crippen LogP contribution is -2.30. The average Bonchev–Trinajstić information content (AvgIpc) is 2.98. The van der Waals surface area contributed by atoms with Crippen molar-refractivity contribution in [3.63, 3.8) is 0 Å². The Morgan fingerprint density at radius 1 is 0.476 bits per heavy atom. The molecule has 0 saturated carbocycles. The largest absolute Gasteiger partial charge is 0.462 e. The van der Waals surface area contributed by atoms with Crippen molar-refractivity contribution in [1.29, 1.82) is 0 Å². The van der Waals surface area contributed by atoms with Crippen molar-refractivity contribution in [2.45, 2.75) is 194 Å². The van der Waals surface area contributed by atoms with Crippen LogP contribution in [0.4, 0.5) is 0 Å². The van der Waals surface area contributed by atoms with Crippen LogP contribution in [0.5, 0.6) is 0 Å². The standard InChI is InChI=1S/C36H68O6/c1-5-8-10-12-15-20-23-27-34(37)40-30-33(42-36(39)29-25-18-11-9-6-2)31-41-35(38)28-24-21-17-14-13-16-19-22-26-32(4)7-3/h32-33H,5-31H2,1-4H3/t32?,33-/m1/s1. The van der Waals surface area contributed by atoms with Crippen LogP contribution in [0.25, 0.3) is 0 Å². The van der Waals surface area contributed by atoms with E-state index in [1.165, 1.54) is 77.0 Å². The second-order valence-electron chi connectivity index (χ2n) is 12.4. The number of esters is 3. The summed E-state index contributed by atoms with van der Waals surface area (Å²) in [4.78, 5) is 37.0. The van der Waals surface area contributed by atoms with Gasteiger partial charge in [-0.2, -0.15) is 0 Å². The van der Waals surface area contributed by atoms with Gasteiger partial charge >= 0.3 is 17.9 Å². The molecule has 0 aliphatic carbocycles. The van der Waals surface area contributed by atoms with Gasteiger partial charge in [0, 0.05) is 19.3 Å². The van der Waals surface area contributed by atoms with Crippen molar-refractivity contribution in [2.75, 3.05) is 13.2 Å². The highest BCUT2D eigenvalue weighted by Crippen LogP contribution is 2.15. The van der Waals surface area contributed by atoms with Crippen LogP contribution in [0.2, 0.25) is 0 Å². The van der Waals surface area contributed by atoms with E-state index < -0.39 is 6.10 Å². The highest BCUT2D eigenvalue weighted by molar-refractivity contribution is 5.71. The van der Waals surface area contributed by atoms with E-state index in [4.69, 9.17) is 14.2 Å². The number of hydrogen-bond acceptors (Lipinski definition) is 6. The molecule has 6 heteroatoms. The van der Waals surface area contributed by atoms with Crippen molar-refractivity contribution >= 4 is 17.9 Å². The molecule has 248 valence electrons. The summed E-state index contributed by atoms with van der Waals surface area (Å²) < 4.78 is 16.4. The number of unbranched alkanes of at least 4 members (excludes halogenated alkanes) is 17. The summed E-state index contributed by atoms with van der Waals surface area (Å²) in [7, 11) is 0. The summed E-state index contributed by atoms with van der Waals surface area (Å²) in [5.74, 6) is -0.0428. The molecule has 0 aromatic rings. The fourth-order valence-electron chi connectivity index (χ4n) is 5.00. The minimum absolute atomic E-state index is 0.0677. The Labute approximate surface area is 259 Å². The van der Waals surface area contributed by atoms with Gasteiger partial charge in [-0.25, -0.2) is 0 Å². The van der Waals surface area contributed by atoms with E-state index in [2.05, 4.69) is 27.7 Å². The molecule has 0 saturated heterocycles. The number of rotatable bonds is 31. The van der Waals surface area contributed by atoms with Gasteiger partial charge in [-0.05, 0) is 25.2 Å². The number of carbonyl (C=O) groups excluding carboxylic acids is 3. The second-order valence-corrected chi connectivity index (χ2v) is 12.4. The number of carbonyl (C=O) groups is 3. The Morgan fingerprint density at radius 2 is 0.833 bits per heavy atom. The molecule has 2 atom stereocenters. The normalized spacial score (nSPS) is 12.6. The summed E-state index contributed by atoms with van der Waals surface area (Å²) in [6, 6.07) is 0. The van der Waals surface area contributed by atoms with Gasteiger partial charge in [-0.3, -0.25) is 14.4 Å². The summed E-state index contributed by atoms with van der Waals surface area (Å²) >= 11 is 0. The summed E-state index contributed by atoms with van der Waals surface area (Å²) in [5, 5.41) is 0.